The Morgan fingerprint density at radius 1 is 1.15 bits per heavy atom. The summed E-state index contributed by atoms with van der Waals surface area (Å²) < 4.78 is 9.61. The van der Waals surface area contributed by atoms with Gasteiger partial charge in [-0.2, -0.15) is 4.37 Å². The molecule has 0 saturated heterocycles. The molecule has 2 aromatic heterocycles. The van der Waals surface area contributed by atoms with Crippen LogP contribution in [-0.4, -0.2) is 39.7 Å². The fraction of sp³-hybridized carbons (Fsp3) is 0.286. The highest BCUT2D eigenvalue weighted by atomic mass is 32.1. The Bertz CT molecular complexity index is 1510. The van der Waals surface area contributed by atoms with Crippen LogP contribution in [0.2, 0.25) is 0 Å². The number of hydrogen-bond donors (Lipinski definition) is 4. The minimum Gasteiger partial charge on any atom is -0.494 e. The summed E-state index contributed by atoms with van der Waals surface area (Å²) in [7, 11) is 0. The maximum atomic E-state index is 14.3. The number of rotatable bonds is 9. The molecule has 1 aliphatic rings. The van der Waals surface area contributed by atoms with Crippen LogP contribution in [0.15, 0.2) is 54.7 Å². The Kier molecular flexibility index (Phi) is 7.51. The summed E-state index contributed by atoms with van der Waals surface area (Å²) >= 11 is 0.779. The highest BCUT2D eigenvalue weighted by molar-refractivity contribution is 7.09. The predicted molar refractivity (Wildman–Crippen MR) is 151 cm³/mol. The van der Waals surface area contributed by atoms with E-state index in [1.807, 2.05) is 31.2 Å². The Morgan fingerprint density at radius 2 is 1.87 bits per heavy atom. The summed E-state index contributed by atoms with van der Waals surface area (Å²) in [5.74, 6) is -1.09. The first-order valence-corrected chi connectivity index (χ1v) is 13.6. The van der Waals surface area contributed by atoms with Gasteiger partial charge in [0.25, 0.3) is 11.8 Å². The van der Waals surface area contributed by atoms with Crippen molar-refractivity contribution in [1.29, 1.82) is 0 Å². The van der Waals surface area contributed by atoms with Crippen LogP contribution in [-0.2, 0) is 4.79 Å². The molecule has 1 fully saturated rings. The van der Waals surface area contributed by atoms with Gasteiger partial charge in [0, 0.05) is 34.4 Å². The fourth-order valence-electron chi connectivity index (χ4n) is 5.06. The molecule has 1 saturated carbocycles. The van der Waals surface area contributed by atoms with Crippen LogP contribution in [0.5, 0.6) is 5.75 Å². The number of H-pyrrole nitrogens is 1. The molecule has 0 spiro atoms. The highest BCUT2D eigenvalue weighted by Gasteiger charge is 2.38. The first-order valence-electron chi connectivity index (χ1n) is 12.9. The molecule has 2 heterocycles. The lowest BCUT2D eigenvalue weighted by atomic mass is 10.0. The second kappa shape index (κ2) is 11.2. The molecule has 1 aliphatic carbocycles. The van der Waals surface area contributed by atoms with Gasteiger partial charge in [-0.3, -0.25) is 19.3 Å². The van der Waals surface area contributed by atoms with Crippen molar-refractivity contribution in [3.63, 3.8) is 0 Å². The highest BCUT2D eigenvalue weighted by Crippen LogP contribution is 2.37. The molecule has 202 valence electrons. The average Bonchev–Trinajstić information content (AvgIpc) is 3.68. The number of para-hydroxylation sites is 1. The molecule has 2 aromatic carbocycles. The van der Waals surface area contributed by atoms with E-state index in [9.17, 15) is 14.4 Å². The van der Waals surface area contributed by atoms with E-state index in [2.05, 4.69) is 14.7 Å². The van der Waals surface area contributed by atoms with Crippen molar-refractivity contribution in [2.24, 2.45) is 5.73 Å². The zero-order valence-electron chi connectivity index (χ0n) is 21.5. The van der Waals surface area contributed by atoms with Gasteiger partial charge in [0.05, 0.1) is 12.3 Å². The number of nitrogen functional groups attached to an aromatic ring is 1. The van der Waals surface area contributed by atoms with Gasteiger partial charge in [0.15, 0.2) is 5.69 Å². The lowest BCUT2D eigenvalue weighted by Crippen LogP contribution is -2.46. The van der Waals surface area contributed by atoms with Gasteiger partial charge in [0.2, 0.25) is 5.91 Å². The van der Waals surface area contributed by atoms with Crippen LogP contribution in [0.25, 0.3) is 10.9 Å². The second-order valence-electron chi connectivity index (χ2n) is 9.42. The lowest BCUT2D eigenvalue weighted by Gasteiger charge is -2.32. The third-order valence-corrected chi connectivity index (χ3v) is 7.78. The van der Waals surface area contributed by atoms with Crippen molar-refractivity contribution >= 4 is 51.5 Å². The maximum absolute atomic E-state index is 14.3. The third kappa shape index (κ3) is 5.17. The molecule has 1 atom stereocenters. The van der Waals surface area contributed by atoms with Gasteiger partial charge in [-0.25, -0.2) is 0 Å². The molecule has 0 aliphatic heterocycles. The number of benzene rings is 2. The topological polar surface area (TPSA) is 156 Å². The van der Waals surface area contributed by atoms with Crippen molar-refractivity contribution in [2.45, 2.75) is 44.7 Å². The van der Waals surface area contributed by atoms with E-state index in [-0.39, 0.29) is 28.2 Å². The lowest BCUT2D eigenvalue weighted by molar-refractivity contribution is -0.123. The van der Waals surface area contributed by atoms with Gasteiger partial charge in [-0.1, -0.05) is 31.0 Å². The van der Waals surface area contributed by atoms with Crippen LogP contribution >= 0.6 is 11.5 Å². The van der Waals surface area contributed by atoms with Crippen LogP contribution in [0, 0.1) is 0 Å². The minimum atomic E-state index is -1.05. The van der Waals surface area contributed by atoms with Crippen LogP contribution in [0.3, 0.4) is 0 Å². The molecule has 3 amide bonds. The number of ether oxygens (including phenoxy) is 1. The molecule has 6 N–H and O–H groups in total. The quantitative estimate of drug-likeness (QED) is 0.247. The number of nitrogens with zero attached hydrogens (tertiary/aromatic N) is 2. The molecule has 0 bridgehead atoms. The molecule has 10 nitrogen and oxygen atoms in total. The number of carbonyl (C=O) groups excluding carboxylic acids is 3. The fourth-order valence-corrected chi connectivity index (χ4v) is 5.80. The number of nitrogens with one attached hydrogen (secondary N) is 2. The van der Waals surface area contributed by atoms with Crippen molar-refractivity contribution < 1.29 is 19.1 Å². The molecule has 0 radical (unpaired) electrons. The van der Waals surface area contributed by atoms with Crippen molar-refractivity contribution in [3.05, 3.63) is 70.9 Å². The largest absolute Gasteiger partial charge is 0.494 e. The van der Waals surface area contributed by atoms with E-state index in [0.29, 0.717) is 23.6 Å². The number of aromatic amines is 1. The summed E-state index contributed by atoms with van der Waals surface area (Å²) in [5, 5.41) is 3.98. The van der Waals surface area contributed by atoms with Gasteiger partial charge in [-0.05, 0) is 61.6 Å². The van der Waals surface area contributed by atoms with Crippen LogP contribution in [0.4, 0.5) is 11.4 Å². The summed E-state index contributed by atoms with van der Waals surface area (Å²) in [5.41, 5.74) is 13.2. The standard InChI is InChI=1S/C28H30N6O4S/c1-2-38-18-13-11-17(12-14-18)34(28(37)25-22(29)23(26(30)35)33-39-25)24(27(36)32-16-7-3-4-8-16)20-15-31-21-10-6-5-9-19(20)21/h5-6,9-16,24,31H,2-4,7-8,29H2,1H3,(H2,30,35)(H,32,36)/t24-/m1/s1. The zero-order valence-corrected chi connectivity index (χ0v) is 22.3. The Labute approximate surface area is 229 Å². The number of aromatic nitrogens is 2. The van der Waals surface area contributed by atoms with E-state index >= 15 is 0 Å². The van der Waals surface area contributed by atoms with Crippen molar-refractivity contribution in [2.75, 3.05) is 17.2 Å². The molecule has 11 heteroatoms. The zero-order chi connectivity index (χ0) is 27.5. The minimum absolute atomic E-state index is 0.0243. The second-order valence-corrected chi connectivity index (χ2v) is 10.2. The number of fused-ring (bicyclic) bond motifs is 1. The van der Waals surface area contributed by atoms with E-state index in [0.717, 1.165) is 48.1 Å². The van der Waals surface area contributed by atoms with Crippen LogP contribution < -0.4 is 26.4 Å². The number of nitrogens with two attached hydrogens (primary N) is 2. The van der Waals surface area contributed by atoms with Crippen LogP contribution in [0.1, 0.15) is 64.4 Å². The number of amides is 3. The van der Waals surface area contributed by atoms with E-state index in [1.165, 1.54) is 4.90 Å². The van der Waals surface area contributed by atoms with E-state index in [4.69, 9.17) is 16.2 Å². The summed E-state index contributed by atoms with van der Waals surface area (Å²) in [4.78, 5) is 44.9. The normalized spacial score (nSPS) is 14.3. The Hall–Kier alpha value is -4.38. The molecule has 39 heavy (non-hydrogen) atoms. The molecular formula is C28H30N6O4S. The number of hydrogen-bond acceptors (Lipinski definition) is 7. The monoisotopic (exact) mass is 546 g/mol. The van der Waals surface area contributed by atoms with Gasteiger partial charge >= 0.3 is 0 Å². The first kappa shape index (κ1) is 26.2. The van der Waals surface area contributed by atoms with Gasteiger partial charge < -0.3 is 26.5 Å². The molecule has 4 aromatic rings. The maximum Gasteiger partial charge on any atom is 0.273 e. The Balaban J connectivity index is 1.67. The average molecular weight is 547 g/mol. The van der Waals surface area contributed by atoms with E-state index < -0.39 is 17.9 Å². The number of carbonyl (C=O) groups is 3. The summed E-state index contributed by atoms with van der Waals surface area (Å²) in [6.45, 7) is 2.37. The first-order chi connectivity index (χ1) is 18.9. The van der Waals surface area contributed by atoms with Gasteiger partial charge in [0.1, 0.15) is 16.7 Å². The van der Waals surface area contributed by atoms with Crippen molar-refractivity contribution in [3.8, 4) is 5.75 Å². The summed E-state index contributed by atoms with van der Waals surface area (Å²) in [6.07, 6.45) is 5.60. The Morgan fingerprint density at radius 3 is 2.54 bits per heavy atom. The molecular weight excluding hydrogens is 516 g/mol. The number of anilines is 2. The summed E-state index contributed by atoms with van der Waals surface area (Å²) in [6, 6.07) is 13.5. The molecule has 5 rings (SSSR count). The van der Waals surface area contributed by atoms with Crippen molar-refractivity contribution in [1.82, 2.24) is 14.7 Å². The number of primary amides is 1. The SMILES string of the molecule is CCOc1ccc(N(C(=O)c2snc(C(N)=O)c2N)[C@@H](C(=O)NC2CCCC2)c2c[nH]c3ccccc23)cc1. The third-order valence-electron chi connectivity index (χ3n) is 6.92. The molecule has 0 unspecified atom stereocenters. The van der Waals surface area contributed by atoms with Gasteiger partial charge in [-0.15, -0.1) is 0 Å². The smallest absolute Gasteiger partial charge is 0.273 e. The predicted octanol–water partition coefficient (Wildman–Crippen LogP) is 4.15. The van der Waals surface area contributed by atoms with E-state index in [1.54, 1.807) is 30.5 Å².